The van der Waals surface area contributed by atoms with Crippen LogP contribution in [0.1, 0.15) is 34.6 Å². The molecule has 22 heavy (non-hydrogen) atoms. The average molecular weight is 335 g/mol. The van der Waals surface area contributed by atoms with E-state index in [1.807, 2.05) is 20.8 Å². The second-order valence-electron chi connectivity index (χ2n) is 6.05. The van der Waals surface area contributed by atoms with Gasteiger partial charge in [0.1, 0.15) is 6.61 Å². The van der Waals surface area contributed by atoms with Gasteiger partial charge in [-0.05, 0) is 19.3 Å². The molecule has 0 saturated carbocycles. The summed E-state index contributed by atoms with van der Waals surface area (Å²) in [7, 11) is -3.45. The molecule has 0 heterocycles. The molecular formula is C14H25NO6S. The van der Waals surface area contributed by atoms with Gasteiger partial charge in [0.25, 0.3) is 0 Å². The van der Waals surface area contributed by atoms with E-state index in [4.69, 9.17) is 4.74 Å². The maximum Gasteiger partial charge on any atom is 0.331 e. The number of hydrogen-bond donors (Lipinski definition) is 1. The Labute approximate surface area is 132 Å². The maximum absolute atomic E-state index is 11.9. The molecule has 0 aromatic rings. The zero-order valence-corrected chi connectivity index (χ0v) is 14.5. The summed E-state index contributed by atoms with van der Waals surface area (Å²) >= 11 is 0. The molecule has 7 nitrogen and oxygen atoms in total. The zero-order chi connectivity index (χ0) is 17.4. The van der Waals surface area contributed by atoms with Gasteiger partial charge < -0.3 is 9.47 Å². The van der Waals surface area contributed by atoms with Gasteiger partial charge in [-0.3, -0.25) is 0 Å². The highest BCUT2D eigenvalue weighted by Gasteiger charge is 2.23. The molecule has 0 radical (unpaired) electrons. The highest BCUT2D eigenvalue weighted by Crippen LogP contribution is 2.15. The third-order valence-electron chi connectivity index (χ3n) is 2.12. The van der Waals surface area contributed by atoms with Crippen LogP contribution < -0.4 is 4.72 Å². The van der Waals surface area contributed by atoms with Gasteiger partial charge in [0, 0.05) is 12.2 Å². The highest BCUT2D eigenvalue weighted by molar-refractivity contribution is 7.89. The Balaban J connectivity index is 4.26. The molecule has 0 rings (SSSR count). The van der Waals surface area contributed by atoms with Crippen LogP contribution in [0.25, 0.3) is 0 Å². The van der Waals surface area contributed by atoms with Gasteiger partial charge in [-0.15, -0.1) is 0 Å². The van der Waals surface area contributed by atoms with E-state index in [-0.39, 0.29) is 24.4 Å². The van der Waals surface area contributed by atoms with Crippen molar-refractivity contribution in [3.05, 3.63) is 12.2 Å². The van der Waals surface area contributed by atoms with Gasteiger partial charge >= 0.3 is 11.9 Å². The minimum absolute atomic E-state index is 0.0267. The number of nitrogens with one attached hydrogen (secondary N) is 1. The predicted molar refractivity (Wildman–Crippen MR) is 82.6 cm³/mol. The van der Waals surface area contributed by atoms with Crippen molar-refractivity contribution < 1.29 is 27.5 Å². The van der Waals surface area contributed by atoms with Crippen LogP contribution in [0.15, 0.2) is 12.2 Å². The van der Waals surface area contributed by atoms with E-state index in [2.05, 4.69) is 9.46 Å². The van der Waals surface area contributed by atoms with E-state index in [1.165, 1.54) is 0 Å². The van der Waals surface area contributed by atoms with Gasteiger partial charge in [-0.1, -0.05) is 20.8 Å². The van der Waals surface area contributed by atoms with Crippen molar-refractivity contribution in [2.75, 3.05) is 19.0 Å². The Kier molecular flexibility index (Phi) is 8.32. The van der Waals surface area contributed by atoms with E-state index < -0.39 is 28.0 Å². The number of sulfonamides is 1. The number of esters is 2. The fourth-order valence-corrected chi connectivity index (χ4v) is 3.44. The summed E-state index contributed by atoms with van der Waals surface area (Å²) in [6, 6.07) is -0.563. The number of rotatable bonds is 8. The molecule has 0 saturated heterocycles. The van der Waals surface area contributed by atoms with Crippen LogP contribution in [0.5, 0.6) is 0 Å². The van der Waals surface area contributed by atoms with Crippen molar-refractivity contribution in [1.29, 1.82) is 0 Å². The predicted octanol–water partition coefficient (Wildman–Crippen LogP) is 1.00. The molecule has 0 bridgehead atoms. The second kappa shape index (κ2) is 8.89. The van der Waals surface area contributed by atoms with Gasteiger partial charge in [-0.2, -0.15) is 0 Å². The summed E-state index contributed by atoms with van der Waals surface area (Å²) in [6.45, 7) is 8.77. The minimum atomic E-state index is -3.45. The molecule has 0 aliphatic rings. The normalized spacial score (nSPS) is 13.9. The number of ether oxygens (including phenoxy) is 2. The third kappa shape index (κ3) is 11.3. The fourth-order valence-electron chi connectivity index (χ4n) is 1.53. The molecule has 0 spiro atoms. The lowest BCUT2D eigenvalue weighted by Crippen LogP contribution is -2.40. The summed E-state index contributed by atoms with van der Waals surface area (Å²) in [6.07, 6.45) is 1.90. The van der Waals surface area contributed by atoms with Crippen molar-refractivity contribution >= 4 is 22.0 Å². The Bertz CT molecular complexity index is 504. The highest BCUT2D eigenvalue weighted by atomic mass is 32.2. The van der Waals surface area contributed by atoms with Gasteiger partial charge in [0.2, 0.25) is 10.0 Å². The van der Waals surface area contributed by atoms with Crippen LogP contribution in [0, 0.1) is 5.41 Å². The molecule has 0 aliphatic carbocycles. The Morgan fingerprint density at radius 1 is 1.14 bits per heavy atom. The summed E-state index contributed by atoms with van der Waals surface area (Å²) < 4.78 is 35.6. The molecule has 0 aromatic carbocycles. The topological polar surface area (TPSA) is 98.8 Å². The smallest absolute Gasteiger partial charge is 0.331 e. The zero-order valence-electron chi connectivity index (χ0n) is 13.7. The van der Waals surface area contributed by atoms with Gasteiger partial charge in [0.05, 0.1) is 18.4 Å². The van der Waals surface area contributed by atoms with Crippen LogP contribution in [-0.4, -0.2) is 45.4 Å². The van der Waals surface area contributed by atoms with Crippen LogP contribution in [0.3, 0.4) is 0 Å². The SMILES string of the molecule is CCOC(=O)/C=C/C(=O)OCC(C)NS(=O)(=O)CC(C)(C)C. The summed E-state index contributed by atoms with van der Waals surface area (Å²) in [5.41, 5.74) is -0.370. The molecule has 0 fully saturated rings. The second-order valence-corrected chi connectivity index (χ2v) is 7.81. The number of carbonyl (C=O) groups is 2. The van der Waals surface area contributed by atoms with E-state index in [9.17, 15) is 18.0 Å². The fraction of sp³-hybridized carbons (Fsp3) is 0.714. The summed E-state index contributed by atoms with van der Waals surface area (Å²) in [4.78, 5) is 22.4. The van der Waals surface area contributed by atoms with E-state index >= 15 is 0 Å². The van der Waals surface area contributed by atoms with Gasteiger partial charge in [0.15, 0.2) is 0 Å². The Morgan fingerprint density at radius 2 is 1.64 bits per heavy atom. The first-order chi connectivity index (χ1) is 9.95. The molecule has 0 aliphatic heterocycles. The monoisotopic (exact) mass is 335 g/mol. The van der Waals surface area contributed by atoms with Crippen molar-refractivity contribution in [1.82, 2.24) is 4.72 Å². The quantitative estimate of drug-likeness (QED) is 0.525. The van der Waals surface area contributed by atoms with Crippen LogP contribution >= 0.6 is 0 Å². The van der Waals surface area contributed by atoms with Crippen LogP contribution in [-0.2, 0) is 29.1 Å². The molecule has 128 valence electrons. The number of hydrogen-bond acceptors (Lipinski definition) is 6. The molecule has 1 N–H and O–H groups in total. The lowest BCUT2D eigenvalue weighted by Gasteiger charge is -2.20. The third-order valence-corrected chi connectivity index (χ3v) is 4.13. The molecule has 8 heteroatoms. The van der Waals surface area contributed by atoms with Crippen molar-refractivity contribution in [2.45, 2.75) is 40.7 Å². The molecule has 1 atom stereocenters. The molecule has 0 aromatic heterocycles. The number of carbonyl (C=O) groups excluding carboxylic acids is 2. The Hall–Kier alpha value is -1.41. The molecule has 0 amide bonds. The average Bonchev–Trinajstić information content (AvgIpc) is 2.30. The lowest BCUT2D eigenvalue weighted by molar-refractivity contribution is -0.140. The lowest BCUT2D eigenvalue weighted by atomic mass is 10.0. The summed E-state index contributed by atoms with van der Waals surface area (Å²) in [5, 5.41) is 0. The van der Waals surface area contributed by atoms with Crippen molar-refractivity contribution in [3.63, 3.8) is 0 Å². The van der Waals surface area contributed by atoms with E-state index in [0.29, 0.717) is 0 Å². The van der Waals surface area contributed by atoms with Crippen LogP contribution in [0.4, 0.5) is 0 Å². The molecular weight excluding hydrogens is 310 g/mol. The van der Waals surface area contributed by atoms with E-state index in [0.717, 1.165) is 12.2 Å². The standard InChI is InChI=1S/C14H25NO6S/c1-6-20-12(16)7-8-13(17)21-9-11(2)15-22(18,19)10-14(3,4)5/h7-8,11,15H,6,9-10H2,1-5H3/b8-7+. The first-order valence-corrected chi connectivity index (χ1v) is 8.62. The first-order valence-electron chi connectivity index (χ1n) is 6.97. The first kappa shape index (κ1) is 20.6. The molecule has 1 unspecified atom stereocenters. The van der Waals surface area contributed by atoms with Crippen molar-refractivity contribution in [2.24, 2.45) is 5.41 Å². The van der Waals surface area contributed by atoms with E-state index in [1.54, 1.807) is 13.8 Å². The maximum atomic E-state index is 11.9. The summed E-state index contributed by atoms with van der Waals surface area (Å²) in [5.74, 6) is -1.41. The Morgan fingerprint density at radius 3 is 2.09 bits per heavy atom. The van der Waals surface area contributed by atoms with Crippen LogP contribution in [0.2, 0.25) is 0 Å². The minimum Gasteiger partial charge on any atom is -0.463 e. The van der Waals surface area contributed by atoms with Crippen molar-refractivity contribution in [3.8, 4) is 0 Å². The largest absolute Gasteiger partial charge is 0.463 e. The van der Waals surface area contributed by atoms with Gasteiger partial charge in [-0.25, -0.2) is 22.7 Å².